The third-order valence-electron chi connectivity index (χ3n) is 5.60. The number of halogens is 2. The number of hydrogen-bond donors (Lipinski definition) is 1. The van der Waals surface area contributed by atoms with Gasteiger partial charge in [-0.3, -0.25) is 4.79 Å². The van der Waals surface area contributed by atoms with Crippen LogP contribution in [0.5, 0.6) is 0 Å². The van der Waals surface area contributed by atoms with Gasteiger partial charge in [-0.15, -0.1) is 5.10 Å². The Balaban J connectivity index is 1.68. The van der Waals surface area contributed by atoms with Crippen molar-refractivity contribution in [1.82, 2.24) is 14.8 Å². The van der Waals surface area contributed by atoms with Gasteiger partial charge in [0.25, 0.3) is 0 Å². The van der Waals surface area contributed by atoms with Gasteiger partial charge in [0.2, 0.25) is 5.95 Å². The topological polar surface area (TPSA) is 59.8 Å². The number of hydrogen-bond acceptors (Lipinski definition) is 4. The molecule has 1 aromatic heterocycles. The molecule has 5 rings (SSSR count). The van der Waals surface area contributed by atoms with Crippen molar-refractivity contribution in [2.45, 2.75) is 32.7 Å². The highest BCUT2D eigenvalue weighted by Gasteiger charge is 2.42. The number of carbonyl (C=O) groups excluding carboxylic acids is 1. The lowest BCUT2D eigenvalue weighted by Crippen LogP contribution is -2.36. The number of benzene rings is 2. The number of Topliss-reactive ketones (excluding diaryl/α,β-unsaturated/α-hetero) is 1. The second-order valence-electron chi connectivity index (χ2n) is 8.63. The fraction of sp³-hybridized carbons (Fsp3) is 0.261. The predicted octanol–water partition coefficient (Wildman–Crippen LogP) is 5.40. The minimum absolute atomic E-state index is 0.0530. The van der Waals surface area contributed by atoms with Gasteiger partial charge < -0.3 is 5.32 Å². The summed E-state index contributed by atoms with van der Waals surface area (Å²) in [6.45, 7) is 4.15. The highest BCUT2D eigenvalue weighted by molar-refractivity contribution is 6.30. The van der Waals surface area contributed by atoms with E-state index in [4.69, 9.17) is 16.7 Å². The van der Waals surface area contributed by atoms with Gasteiger partial charge in [-0.05, 0) is 53.8 Å². The minimum Gasteiger partial charge on any atom is -0.328 e. The van der Waals surface area contributed by atoms with Crippen LogP contribution in [0.25, 0.3) is 11.4 Å². The van der Waals surface area contributed by atoms with Gasteiger partial charge in [-0.25, -0.2) is 9.07 Å². The molecular weight excluding hydrogens is 403 g/mol. The van der Waals surface area contributed by atoms with Crippen LogP contribution in [0.1, 0.15) is 38.3 Å². The van der Waals surface area contributed by atoms with Gasteiger partial charge in [0, 0.05) is 28.3 Å². The van der Waals surface area contributed by atoms with Gasteiger partial charge in [0.15, 0.2) is 11.6 Å². The maximum absolute atomic E-state index is 14.1. The summed E-state index contributed by atoms with van der Waals surface area (Å²) in [4.78, 5) is 17.8. The molecule has 2 aromatic carbocycles. The van der Waals surface area contributed by atoms with Crippen molar-refractivity contribution in [3.8, 4) is 11.4 Å². The van der Waals surface area contributed by atoms with Crippen molar-refractivity contribution in [3.63, 3.8) is 0 Å². The third kappa shape index (κ3) is 3.21. The summed E-state index contributed by atoms with van der Waals surface area (Å²) < 4.78 is 15.8. The fourth-order valence-corrected chi connectivity index (χ4v) is 4.44. The van der Waals surface area contributed by atoms with Crippen LogP contribution < -0.4 is 5.32 Å². The Labute approximate surface area is 178 Å². The number of carbonyl (C=O) groups is 1. The van der Waals surface area contributed by atoms with Crippen LogP contribution in [0.2, 0.25) is 5.02 Å². The lowest BCUT2D eigenvalue weighted by Gasteiger charge is -2.38. The number of ketones is 1. The Hall–Kier alpha value is -2.99. The standard InChI is InChI=1S/C23H20ClFN4O/c1-23(2)11-17-19(18(30)12-23)20(14-4-3-5-16(25)10-14)29-22(26-17)27-21(28-29)13-6-8-15(24)9-7-13/h3-10,20H,11-12H2,1-2H3,(H,26,27,28). The van der Waals surface area contributed by atoms with Gasteiger partial charge >= 0.3 is 0 Å². The fourth-order valence-electron chi connectivity index (χ4n) is 4.32. The number of allylic oxidation sites excluding steroid dienone is 2. The molecule has 1 unspecified atom stereocenters. The van der Waals surface area contributed by atoms with Gasteiger partial charge in [0.1, 0.15) is 11.9 Å². The molecule has 7 heteroatoms. The van der Waals surface area contributed by atoms with Crippen molar-refractivity contribution < 1.29 is 9.18 Å². The van der Waals surface area contributed by atoms with E-state index < -0.39 is 6.04 Å². The number of fused-ring (bicyclic) bond motifs is 1. The predicted molar refractivity (Wildman–Crippen MR) is 114 cm³/mol. The van der Waals surface area contributed by atoms with Crippen molar-refractivity contribution in [3.05, 3.63) is 76.2 Å². The normalized spacial score (nSPS) is 19.9. The number of nitrogens with zero attached hydrogens (tertiary/aromatic N) is 3. The molecule has 1 atom stereocenters. The highest BCUT2D eigenvalue weighted by atomic mass is 35.5. The number of nitrogens with one attached hydrogen (secondary N) is 1. The summed E-state index contributed by atoms with van der Waals surface area (Å²) >= 11 is 6.01. The molecule has 3 aromatic rings. The molecule has 2 aliphatic rings. The van der Waals surface area contributed by atoms with Crippen LogP contribution in [0.15, 0.2) is 59.8 Å². The number of rotatable bonds is 2. The molecule has 1 aliphatic heterocycles. The van der Waals surface area contributed by atoms with Crippen LogP contribution in [0, 0.1) is 11.2 Å². The van der Waals surface area contributed by atoms with Crippen molar-refractivity contribution in [2.75, 3.05) is 5.32 Å². The molecule has 0 saturated carbocycles. The van der Waals surface area contributed by atoms with E-state index in [2.05, 4.69) is 24.1 Å². The Bertz CT molecular complexity index is 1200. The summed E-state index contributed by atoms with van der Waals surface area (Å²) in [5, 5.41) is 8.65. The molecular formula is C23H20ClFN4O. The van der Waals surface area contributed by atoms with E-state index in [0.29, 0.717) is 40.8 Å². The third-order valence-corrected chi connectivity index (χ3v) is 5.85. The molecule has 0 fully saturated rings. The van der Waals surface area contributed by atoms with Crippen LogP contribution in [0.3, 0.4) is 0 Å². The summed E-state index contributed by atoms with van der Waals surface area (Å²) in [6.07, 6.45) is 1.15. The lowest BCUT2D eigenvalue weighted by molar-refractivity contribution is -0.118. The van der Waals surface area contributed by atoms with Crippen LogP contribution >= 0.6 is 11.6 Å². The van der Waals surface area contributed by atoms with Crippen molar-refractivity contribution >= 4 is 23.3 Å². The minimum atomic E-state index is -0.524. The van der Waals surface area contributed by atoms with Gasteiger partial charge in [0.05, 0.1) is 0 Å². The Kier molecular flexibility index (Phi) is 4.29. The van der Waals surface area contributed by atoms with Crippen LogP contribution in [0.4, 0.5) is 10.3 Å². The molecule has 30 heavy (non-hydrogen) atoms. The second-order valence-corrected chi connectivity index (χ2v) is 9.06. The van der Waals surface area contributed by atoms with E-state index in [-0.39, 0.29) is 17.0 Å². The molecule has 0 amide bonds. The second kappa shape index (κ2) is 6.77. The summed E-state index contributed by atoms with van der Waals surface area (Å²) in [5.74, 6) is 0.758. The Morgan fingerprint density at radius 1 is 1.17 bits per heavy atom. The first-order valence-electron chi connectivity index (χ1n) is 9.82. The maximum atomic E-state index is 14.1. The maximum Gasteiger partial charge on any atom is 0.226 e. The van der Waals surface area contributed by atoms with Crippen molar-refractivity contribution in [1.29, 1.82) is 0 Å². The summed E-state index contributed by atoms with van der Waals surface area (Å²) in [6, 6.07) is 13.1. The van der Waals surface area contributed by atoms with E-state index >= 15 is 0 Å². The average molecular weight is 423 g/mol. The number of aromatic nitrogens is 3. The SMILES string of the molecule is CC1(C)CC(=O)C2=C(C1)Nc1nc(-c3ccc(Cl)cc3)nn1C2c1cccc(F)c1. The molecule has 0 bridgehead atoms. The summed E-state index contributed by atoms with van der Waals surface area (Å²) in [7, 11) is 0. The monoisotopic (exact) mass is 422 g/mol. The molecule has 0 spiro atoms. The molecule has 2 heterocycles. The first-order valence-corrected chi connectivity index (χ1v) is 10.2. The molecule has 1 aliphatic carbocycles. The Morgan fingerprint density at radius 3 is 2.67 bits per heavy atom. The zero-order valence-corrected chi connectivity index (χ0v) is 17.4. The van der Waals surface area contributed by atoms with Crippen LogP contribution in [-0.4, -0.2) is 20.5 Å². The molecule has 152 valence electrons. The van der Waals surface area contributed by atoms with Gasteiger partial charge in [-0.2, -0.15) is 4.98 Å². The first kappa shape index (κ1) is 19.0. The smallest absolute Gasteiger partial charge is 0.226 e. The highest BCUT2D eigenvalue weighted by Crippen LogP contribution is 2.45. The van der Waals surface area contributed by atoms with E-state index in [9.17, 15) is 9.18 Å². The molecule has 0 radical (unpaired) electrons. The summed E-state index contributed by atoms with van der Waals surface area (Å²) in [5.41, 5.74) is 2.81. The zero-order valence-electron chi connectivity index (χ0n) is 16.6. The van der Waals surface area contributed by atoms with Crippen molar-refractivity contribution in [2.24, 2.45) is 5.41 Å². The van der Waals surface area contributed by atoms with E-state index in [0.717, 1.165) is 11.3 Å². The van der Waals surface area contributed by atoms with E-state index in [1.165, 1.54) is 12.1 Å². The van der Waals surface area contributed by atoms with Gasteiger partial charge in [-0.1, -0.05) is 37.6 Å². The molecule has 0 saturated heterocycles. The molecule has 5 nitrogen and oxygen atoms in total. The zero-order chi connectivity index (χ0) is 21.0. The van der Waals surface area contributed by atoms with E-state index in [1.54, 1.807) is 22.9 Å². The first-order chi connectivity index (χ1) is 14.3. The number of anilines is 1. The molecule has 1 N–H and O–H groups in total. The average Bonchev–Trinajstić information content (AvgIpc) is 3.09. The Morgan fingerprint density at radius 2 is 1.93 bits per heavy atom. The lowest BCUT2D eigenvalue weighted by atomic mass is 9.73. The van der Waals surface area contributed by atoms with E-state index in [1.807, 2.05) is 18.2 Å². The largest absolute Gasteiger partial charge is 0.328 e. The quantitative estimate of drug-likeness (QED) is 0.601. The van der Waals surface area contributed by atoms with Crippen LogP contribution in [-0.2, 0) is 4.79 Å².